The van der Waals surface area contributed by atoms with Gasteiger partial charge in [-0.2, -0.15) is 0 Å². The molecule has 0 atom stereocenters. The van der Waals surface area contributed by atoms with Crippen LogP contribution < -0.4 is 5.32 Å². The molecule has 0 aliphatic heterocycles. The highest BCUT2D eigenvalue weighted by molar-refractivity contribution is 9.09. The third-order valence-electron chi connectivity index (χ3n) is 3.61. The number of carbonyl (C=O) groups excluding carboxylic acids is 1. The molecular weight excluding hydrogens is 331 g/mol. The average molecular weight is 345 g/mol. The van der Waals surface area contributed by atoms with E-state index in [2.05, 4.69) is 21.2 Å². The van der Waals surface area contributed by atoms with Crippen LogP contribution in [0.15, 0.2) is 18.2 Å². The van der Waals surface area contributed by atoms with E-state index in [1.807, 2.05) is 0 Å². The number of carbonyl (C=O) groups is 1. The molecule has 0 radical (unpaired) electrons. The van der Waals surface area contributed by atoms with Gasteiger partial charge in [-0.25, -0.2) is 4.39 Å². The minimum absolute atomic E-state index is 0.106. The van der Waals surface area contributed by atoms with Crippen molar-refractivity contribution in [2.45, 2.75) is 19.3 Å². The van der Waals surface area contributed by atoms with Crippen LogP contribution in [-0.4, -0.2) is 22.7 Å². The van der Waals surface area contributed by atoms with E-state index in [1.54, 1.807) is 0 Å². The second-order valence-electron chi connectivity index (χ2n) is 5.04. The molecule has 7 heteroatoms. The fraction of sp³-hybridized carbons (Fsp3) is 0.462. The van der Waals surface area contributed by atoms with Crippen molar-refractivity contribution in [3.05, 3.63) is 39.7 Å². The summed E-state index contributed by atoms with van der Waals surface area (Å²) in [5.41, 5.74) is -0.493. The van der Waals surface area contributed by atoms with Crippen molar-refractivity contribution >= 4 is 27.5 Å². The third kappa shape index (κ3) is 3.33. The maximum Gasteiger partial charge on any atom is 0.285 e. The Morgan fingerprint density at radius 2 is 2.20 bits per heavy atom. The van der Waals surface area contributed by atoms with Crippen LogP contribution in [0.5, 0.6) is 0 Å². The fourth-order valence-corrected chi connectivity index (χ4v) is 2.94. The number of hydrogen-bond acceptors (Lipinski definition) is 3. The molecule has 0 aromatic heterocycles. The van der Waals surface area contributed by atoms with Gasteiger partial charge >= 0.3 is 0 Å². The number of halogens is 2. The molecule has 5 nitrogen and oxygen atoms in total. The van der Waals surface area contributed by atoms with E-state index in [0.717, 1.165) is 42.8 Å². The number of rotatable bonds is 6. The first-order chi connectivity index (χ1) is 9.47. The van der Waals surface area contributed by atoms with Crippen molar-refractivity contribution in [2.75, 3.05) is 11.9 Å². The van der Waals surface area contributed by atoms with Gasteiger partial charge in [0.05, 0.1) is 11.0 Å². The molecule has 1 aromatic rings. The van der Waals surface area contributed by atoms with Crippen molar-refractivity contribution < 1.29 is 14.1 Å². The summed E-state index contributed by atoms with van der Waals surface area (Å²) < 4.78 is 13.0. The van der Waals surface area contributed by atoms with Crippen LogP contribution in [-0.2, 0) is 0 Å². The van der Waals surface area contributed by atoms with Crippen LogP contribution in [0.25, 0.3) is 0 Å². The second-order valence-corrected chi connectivity index (χ2v) is 5.83. The van der Waals surface area contributed by atoms with Gasteiger partial charge in [0.15, 0.2) is 0 Å². The summed E-state index contributed by atoms with van der Waals surface area (Å²) in [6.07, 6.45) is 3.05. The molecule has 1 N–H and O–H groups in total. The first kappa shape index (κ1) is 14.9. The molecule has 0 spiro atoms. The summed E-state index contributed by atoms with van der Waals surface area (Å²) in [6, 6.07) is 2.96. The summed E-state index contributed by atoms with van der Waals surface area (Å²) in [4.78, 5) is 22.1. The molecule has 108 valence electrons. The van der Waals surface area contributed by atoms with Gasteiger partial charge in [-0.15, -0.1) is 0 Å². The molecule has 0 unspecified atom stereocenters. The number of amides is 1. The molecule has 0 bridgehead atoms. The van der Waals surface area contributed by atoms with Crippen molar-refractivity contribution in [3.8, 4) is 0 Å². The summed E-state index contributed by atoms with van der Waals surface area (Å²) in [5.74, 6) is -1.26. The lowest BCUT2D eigenvalue weighted by molar-refractivity contribution is -0.385. The van der Waals surface area contributed by atoms with Crippen LogP contribution in [0, 0.1) is 21.3 Å². The summed E-state index contributed by atoms with van der Waals surface area (Å²) in [7, 11) is 0. The Labute approximate surface area is 123 Å². The monoisotopic (exact) mass is 344 g/mol. The van der Waals surface area contributed by atoms with E-state index in [1.165, 1.54) is 0 Å². The van der Waals surface area contributed by atoms with Crippen molar-refractivity contribution in [1.29, 1.82) is 0 Å². The molecule has 0 heterocycles. The minimum atomic E-state index is -0.747. The van der Waals surface area contributed by atoms with E-state index in [0.29, 0.717) is 6.54 Å². The van der Waals surface area contributed by atoms with Crippen LogP contribution in [0.2, 0.25) is 0 Å². The molecule has 1 amide bonds. The highest BCUT2D eigenvalue weighted by Gasteiger charge is 2.42. The Bertz CT molecular complexity index is 546. The van der Waals surface area contributed by atoms with E-state index < -0.39 is 22.3 Å². The van der Waals surface area contributed by atoms with Crippen LogP contribution in [0.4, 0.5) is 10.1 Å². The first-order valence-corrected chi connectivity index (χ1v) is 7.38. The van der Waals surface area contributed by atoms with Gasteiger partial charge in [0.2, 0.25) is 0 Å². The predicted octanol–water partition coefficient (Wildman–Crippen LogP) is 3.03. The van der Waals surface area contributed by atoms with Crippen molar-refractivity contribution in [1.82, 2.24) is 5.32 Å². The number of nitro groups is 1. The Morgan fingerprint density at radius 3 is 2.75 bits per heavy atom. The number of alkyl halides is 1. The Balaban J connectivity index is 2.08. The summed E-state index contributed by atoms with van der Waals surface area (Å²) in [5, 5.41) is 14.4. The standard InChI is InChI=1S/C13H14BrFN2O3/c14-6-5-13(3-4-13)8-16-12(18)10-2-1-9(15)7-11(10)17(19)20/h1-2,7H,3-6,8H2,(H,16,18). The SMILES string of the molecule is O=C(NCC1(CCBr)CC1)c1ccc(F)cc1[N+](=O)[O-]. The van der Waals surface area contributed by atoms with E-state index in [4.69, 9.17) is 0 Å². The maximum absolute atomic E-state index is 13.0. The third-order valence-corrected chi connectivity index (χ3v) is 4.00. The molecule has 0 saturated heterocycles. The lowest BCUT2D eigenvalue weighted by atomic mass is 10.0. The van der Waals surface area contributed by atoms with Crippen molar-refractivity contribution in [2.24, 2.45) is 5.41 Å². The fourth-order valence-electron chi connectivity index (χ4n) is 2.10. The first-order valence-electron chi connectivity index (χ1n) is 6.25. The topological polar surface area (TPSA) is 72.2 Å². The number of benzene rings is 1. The largest absolute Gasteiger partial charge is 0.351 e. The molecule has 1 aliphatic rings. The van der Waals surface area contributed by atoms with Gasteiger partial charge in [0.1, 0.15) is 11.4 Å². The van der Waals surface area contributed by atoms with E-state index >= 15 is 0 Å². The molecule has 20 heavy (non-hydrogen) atoms. The number of nitrogens with zero attached hydrogens (tertiary/aromatic N) is 1. The predicted molar refractivity (Wildman–Crippen MR) is 75.5 cm³/mol. The van der Waals surface area contributed by atoms with Gasteiger partial charge < -0.3 is 5.32 Å². The highest BCUT2D eigenvalue weighted by Crippen LogP contribution is 2.48. The minimum Gasteiger partial charge on any atom is -0.351 e. The number of nitrogens with one attached hydrogen (secondary N) is 1. The zero-order valence-corrected chi connectivity index (χ0v) is 12.3. The molecular formula is C13H14BrFN2O3. The number of nitro benzene ring substituents is 1. The zero-order valence-electron chi connectivity index (χ0n) is 10.7. The summed E-state index contributed by atoms with van der Waals surface area (Å²) >= 11 is 3.37. The van der Waals surface area contributed by atoms with Crippen LogP contribution in [0.1, 0.15) is 29.6 Å². The quantitative estimate of drug-likeness (QED) is 0.489. The molecule has 2 rings (SSSR count). The average Bonchev–Trinajstić information content (AvgIpc) is 3.16. The lowest BCUT2D eigenvalue weighted by Gasteiger charge is -2.14. The van der Waals surface area contributed by atoms with Gasteiger partial charge in [-0.05, 0) is 36.8 Å². The molecule has 1 aromatic carbocycles. The molecule has 1 saturated carbocycles. The van der Waals surface area contributed by atoms with Gasteiger partial charge in [0, 0.05) is 11.9 Å². The number of hydrogen-bond donors (Lipinski definition) is 1. The maximum atomic E-state index is 13.0. The highest BCUT2D eigenvalue weighted by atomic mass is 79.9. The Hall–Kier alpha value is -1.50. The molecule has 1 fully saturated rings. The summed E-state index contributed by atoms with van der Waals surface area (Å²) in [6.45, 7) is 0.492. The second kappa shape index (κ2) is 5.87. The van der Waals surface area contributed by atoms with Gasteiger partial charge in [-0.3, -0.25) is 14.9 Å². The zero-order chi connectivity index (χ0) is 14.8. The molecule has 1 aliphatic carbocycles. The smallest absolute Gasteiger partial charge is 0.285 e. The van der Waals surface area contributed by atoms with Gasteiger partial charge in [0.25, 0.3) is 11.6 Å². The Morgan fingerprint density at radius 1 is 1.50 bits per heavy atom. The van der Waals surface area contributed by atoms with Crippen molar-refractivity contribution in [3.63, 3.8) is 0 Å². The lowest BCUT2D eigenvalue weighted by Crippen LogP contribution is -2.30. The normalized spacial score (nSPS) is 15.7. The van der Waals surface area contributed by atoms with Crippen LogP contribution >= 0.6 is 15.9 Å². The van der Waals surface area contributed by atoms with E-state index in [-0.39, 0.29) is 11.0 Å². The Kier molecular flexibility index (Phi) is 4.37. The van der Waals surface area contributed by atoms with Crippen LogP contribution in [0.3, 0.4) is 0 Å². The van der Waals surface area contributed by atoms with E-state index in [9.17, 15) is 19.3 Å². The van der Waals surface area contributed by atoms with Gasteiger partial charge in [-0.1, -0.05) is 15.9 Å².